The number of ketones is 1. The minimum absolute atomic E-state index is 0.0693. The van der Waals surface area contributed by atoms with Gasteiger partial charge >= 0.3 is 0 Å². The highest BCUT2D eigenvalue weighted by Crippen LogP contribution is 2.41. The van der Waals surface area contributed by atoms with Crippen LogP contribution in [0.4, 0.5) is 0 Å². The summed E-state index contributed by atoms with van der Waals surface area (Å²) in [6.45, 7) is 5.95. The van der Waals surface area contributed by atoms with E-state index in [4.69, 9.17) is 5.10 Å². The molecule has 1 saturated carbocycles. The van der Waals surface area contributed by atoms with Crippen LogP contribution in [-0.4, -0.2) is 45.5 Å². The Morgan fingerprint density at radius 2 is 1.94 bits per heavy atom. The first-order chi connectivity index (χ1) is 14.6. The molecule has 8 heteroatoms. The van der Waals surface area contributed by atoms with Crippen molar-refractivity contribution in [1.29, 1.82) is 0 Å². The highest BCUT2D eigenvalue weighted by molar-refractivity contribution is 7.92. The molecule has 0 radical (unpaired) electrons. The quantitative estimate of drug-likeness (QED) is 0.541. The Morgan fingerprint density at radius 3 is 2.58 bits per heavy atom. The fourth-order valence-electron chi connectivity index (χ4n) is 4.60. The van der Waals surface area contributed by atoms with Crippen LogP contribution in [0.15, 0.2) is 30.7 Å². The van der Waals surface area contributed by atoms with Gasteiger partial charge in [-0.2, -0.15) is 5.10 Å². The normalized spacial score (nSPS) is 19.5. The molecule has 5 rings (SSSR count). The van der Waals surface area contributed by atoms with Gasteiger partial charge in [0.25, 0.3) is 0 Å². The van der Waals surface area contributed by atoms with Crippen molar-refractivity contribution in [3.63, 3.8) is 0 Å². The van der Waals surface area contributed by atoms with Crippen molar-refractivity contribution in [3.8, 4) is 11.3 Å². The van der Waals surface area contributed by atoms with E-state index in [1.807, 2.05) is 43.9 Å². The number of rotatable bonds is 6. The van der Waals surface area contributed by atoms with Gasteiger partial charge in [0.1, 0.15) is 11.2 Å². The van der Waals surface area contributed by atoms with E-state index in [0.29, 0.717) is 11.5 Å². The van der Waals surface area contributed by atoms with Crippen LogP contribution >= 0.6 is 0 Å². The number of sulfone groups is 1. The number of hydrogen-bond donors (Lipinski definition) is 0. The standard InChI is InChI=1S/C23H26N4O3S/c1-14(2)27-19-7-17(20(28)8-23(3)12-31(29,30)13-23)11-25-22(19)21(26-27)18-6-16(9-24-10-18)15-4-5-15/h6-7,9-11,14-15H,4-5,8,12-13H2,1-3H3. The van der Waals surface area contributed by atoms with E-state index in [9.17, 15) is 13.2 Å². The van der Waals surface area contributed by atoms with Crippen LogP contribution in [0.1, 0.15) is 67.9 Å². The Morgan fingerprint density at radius 1 is 1.19 bits per heavy atom. The Balaban J connectivity index is 1.52. The molecule has 0 atom stereocenters. The van der Waals surface area contributed by atoms with Gasteiger partial charge in [-0.1, -0.05) is 6.92 Å². The summed E-state index contributed by atoms with van der Waals surface area (Å²) in [5.74, 6) is 0.654. The second-order valence-corrected chi connectivity index (χ2v) is 11.8. The molecule has 1 aliphatic heterocycles. The largest absolute Gasteiger partial charge is 0.294 e. The van der Waals surface area contributed by atoms with Gasteiger partial charge in [-0.05, 0) is 50.3 Å². The Bertz CT molecular complexity index is 1290. The lowest BCUT2D eigenvalue weighted by molar-refractivity contribution is 0.0936. The summed E-state index contributed by atoms with van der Waals surface area (Å²) in [5.41, 5.74) is 4.51. The van der Waals surface area contributed by atoms with Gasteiger partial charge in [-0.15, -0.1) is 0 Å². The highest BCUT2D eigenvalue weighted by atomic mass is 32.2. The zero-order valence-electron chi connectivity index (χ0n) is 18.0. The second kappa shape index (κ2) is 6.95. The van der Waals surface area contributed by atoms with Gasteiger partial charge in [0.15, 0.2) is 15.6 Å². The fraction of sp³-hybridized carbons (Fsp3) is 0.478. The predicted molar refractivity (Wildman–Crippen MR) is 119 cm³/mol. The first-order valence-corrected chi connectivity index (χ1v) is 12.5. The maximum atomic E-state index is 12.9. The van der Waals surface area contributed by atoms with E-state index in [1.165, 1.54) is 18.4 Å². The highest BCUT2D eigenvalue weighted by Gasteiger charge is 2.45. The molecule has 7 nitrogen and oxygen atoms in total. The van der Waals surface area contributed by atoms with Crippen LogP contribution in [0, 0.1) is 5.41 Å². The molecule has 0 aromatic carbocycles. The summed E-state index contributed by atoms with van der Waals surface area (Å²) in [5, 5.41) is 4.82. The predicted octanol–water partition coefficient (Wildman–Crippen LogP) is 3.96. The molecule has 0 unspecified atom stereocenters. The molecule has 2 aliphatic rings. The minimum Gasteiger partial charge on any atom is -0.294 e. The number of aromatic nitrogens is 4. The smallest absolute Gasteiger partial charge is 0.165 e. The van der Waals surface area contributed by atoms with Crippen molar-refractivity contribution in [2.75, 3.05) is 11.5 Å². The van der Waals surface area contributed by atoms with Crippen LogP contribution in [0.2, 0.25) is 0 Å². The molecular weight excluding hydrogens is 412 g/mol. The summed E-state index contributed by atoms with van der Waals surface area (Å²) in [6, 6.07) is 4.09. The molecule has 3 aromatic rings. The van der Waals surface area contributed by atoms with Crippen molar-refractivity contribution in [3.05, 3.63) is 41.9 Å². The summed E-state index contributed by atoms with van der Waals surface area (Å²) < 4.78 is 25.1. The molecule has 0 amide bonds. The lowest BCUT2D eigenvalue weighted by Crippen LogP contribution is -2.47. The van der Waals surface area contributed by atoms with Crippen LogP contribution in [-0.2, 0) is 9.84 Å². The maximum Gasteiger partial charge on any atom is 0.165 e. The van der Waals surface area contributed by atoms with Gasteiger partial charge < -0.3 is 0 Å². The Labute approximate surface area is 181 Å². The number of Topliss-reactive ketones (excluding diaryl/α,β-unsaturated/α-hetero) is 1. The first-order valence-electron chi connectivity index (χ1n) is 10.7. The van der Waals surface area contributed by atoms with E-state index in [-0.39, 0.29) is 29.8 Å². The second-order valence-electron chi connectivity index (χ2n) is 9.70. The number of hydrogen-bond acceptors (Lipinski definition) is 6. The molecule has 0 bridgehead atoms. The SMILES string of the molecule is CC(C)n1nc(-c2cncc(C3CC3)c2)c2ncc(C(=O)CC3(C)CS(=O)(=O)C3)cc21. The summed E-state index contributed by atoms with van der Waals surface area (Å²) in [6.07, 6.45) is 7.95. The number of fused-ring (bicyclic) bond motifs is 1. The zero-order valence-corrected chi connectivity index (χ0v) is 18.8. The third-order valence-electron chi connectivity index (χ3n) is 6.16. The van der Waals surface area contributed by atoms with Crippen molar-refractivity contribution in [2.45, 2.75) is 52.0 Å². The molecule has 162 valence electrons. The molecular formula is C23H26N4O3S. The number of pyridine rings is 2. The third kappa shape index (κ3) is 3.78. The Kier molecular flexibility index (Phi) is 4.55. The van der Waals surface area contributed by atoms with E-state index in [1.54, 1.807) is 6.20 Å². The summed E-state index contributed by atoms with van der Waals surface area (Å²) in [4.78, 5) is 22.0. The Hall–Kier alpha value is -2.61. The minimum atomic E-state index is -2.99. The monoisotopic (exact) mass is 438 g/mol. The van der Waals surface area contributed by atoms with Gasteiger partial charge in [0.2, 0.25) is 0 Å². The van der Waals surface area contributed by atoms with Gasteiger partial charge in [-0.25, -0.2) is 8.42 Å². The van der Waals surface area contributed by atoms with Gasteiger partial charge in [-0.3, -0.25) is 19.4 Å². The molecule has 1 saturated heterocycles. The molecule has 3 aromatic heterocycles. The lowest BCUT2D eigenvalue weighted by atomic mass is 9.86. The fourth-order valence-corrected chi connectivity index (χ4v) is 6.84. The summed E-state index contributed by atoms with van der Waals surface area (Å²) in [7, 11) is -2.99. The van der Waals surface area contributed by atoms with Crippen LogP contribution in [0.25, 0.3) is 22.3 Å². The van der Waals surface area contributed by atoms with E-state index >= 15 is 0 Å². The van der Waals surface area contributed by atoms with Crippen molar-refractivity contribution in [1.82, 2.24) is 19.7 Å². The van der Waals surface area contributed by atoms with Crippen molar-refractivity contribution < 1.29 is 13.2 Å². The maximum absolute atomic E-state index is 12.9. The molecule has 1 aliphatic carbocycles. The molecule has 0 N–H and O–H groups in total. The van der Waals surface area contributed by atoms with E-state index in [2.05, 4.69) is 16.0 Å². The van der Waals surface area contributed by atoms with Crippen LogP contribution in [0.3, 0.4) is 0 Å². The average molecular weight is 439 g/mol. The molecule has 4 heterocycles. The molecule has 31 heavy (non-hydrogen) atoms. The number of carbonyl (C=O) groups excluding carboxylic acids is 1. The van der Waals surface area contributed by atoms with E-state index < -0.39 is 15.3 Å². The van der Waals surface area contributed by atoms with Crippen molar-refractivity contribution >= 4 is 26.7 Å². The van der Waals surface area contributed by atoms with Crippen molar-refractivity contribution in [2.24, 2.45) is 5.41 Å². The molecule has 2 fully saturated rings. The topological polar surface area (TPSA) is 94.8 Å². The van der Waals surface area contributed by atoms with Gasteiger partial charge in [0.05, 0.1) is 17.0 Å². The van der Waals surface area contributed by atoms with Crippen LogP contribution in [0.5, 0.6) is 0 Å². The van der Waals surface area contributed by atoms with E-state index in [0.717, 1.165) is 22.3 Å². The first kappa shape index (κ1) is 20.3. The zero-order chi connectivity index (χ0) is 22.0. The third-order valence-corrected chi connectivity index (χ3v) is 8.44. The number of carbonyl (C=O) groups is 1. The molecule has 0 spiro atoms. The van der Waals surface area contributed by atoms with Gasteiger partial charge in [0, 0.05) is 47.6 Å². The average Bonchev–Trinajstić information content (AvgIpc) is 3.46. The lowest BCUT2D eigenvalue weighted by Gasteiger charge is -2.37. The number of nitrogens with zero attached hydrogens (tertiary/aromatic N) is 4. The van der Waals surface area contributed by atoms with Crippen LogP contribution < -0.4 is 0 Å². The summed E-state index contributed by atoms with van der Waals surface area (Å²) >= 11 is 0.